The molecule has 4 aromatic rings. The van der Waals surface area contributed by atoms with E-state index in [4.69, 9.17) is 18.9 Å². The minimum Gasteiger partial charge on any atom is -0.456 e. The van der Waals surface area contributed by atoms with Crippen LogP contribution in [0.15, 0.2) is 121 Å². The van der Waals surface area contributed by atoms with Crippen LogP contribution < -0.4 is 0 Å². The Morgan fingerprint density at radius 1 is 0.619 bits per heavy atom. The molecule has 0 bridgehead atoms. The van der Waals surface area contributed by atoms with Gasteiger partial charge in [0.25, 0.3) is 0 Å². The molecule has 1 N–H and O–H groups in total. The second kappa shape index (κ2) is 15.4. The summed E-state index contributed by atoms with van der Waals surface area (Å²) in [6, 6.07) is 38.7. The van der Waals surface area contributed by atoms with Crippen LogP contribution in [0.5, 0.6) is 0 Å². The number of aliphatic hydroxyl groups is 1. The van der Waals surface area contributed by atoms with Crippen molar-refractivity contribution in [2.24, 2.45) is 5.92 Å². The largest absolute Gasteiger partial charge is 0.456 e. The topological polar surface area (TPSA) is 74.2 Å². The van der Waals surface area contributed by atoms with E-state index in [1.165, 1.54) is 0 Å². The Morgan fingerprint density at radius 2 is 1.10 bits per heavy atom. The van der Waals surface area contributed by atoms with E-state index in [9.17, 15) is 9.90 Å². The fourth-order valence-electron chi connectivity index (χ4n) is 5.34. The van der Waals surface area contributed by atoms with Gasteiger partial charge in [-0.3, -0.25) is 0 Å². The highest BCUT2D eigenvalue weighted by Gasteiger charge is 2.45. The Labute approximate surface area is 247 Å². The Kier molecular flexibility index (Phi) is 10.9. The molecule has 4 aromatic carbocycles. The first-order valence-corrected chi connectivity index (χ1v) is 14.5. The SMILES string of the molecule is O=C(O[C@@H]1CC[C@H](O)[C@H](COCc2ccccc2)[C@@H](OCc2ccccc2)[C@@H]1OCc1ccccc1)c1ccccc1. The van der Waals surface area contributed by atoms with Gasteiger partial charge in [0.1, 0.15) is 12.2 Å². The molecule has 1 aliphatic carbocycles. The first kappa shape index (κ1) is 29.7. The molecule has 5 atom stereocenters. The third-order valence-corrected chi connectivity index (χ3v) is 7.61. The van der Waals surface area contributed by atoms with Gasteiger partial charge in [0, 0.05) is 5.92 Å². The van der Waals surface area contributed by atoms with E-state index in [1.54, 1.807) is 12.1 Å². The number of esters is 1. The molecule has 0 amide bonds. The lowest BCUT2D eigenvalue weighted by molar-refractivity contribution is -0.163. The van der Waals surface area contributed by atoms with Gasteiger partial charge in [-0.1, -0.05) is 109 Å². The molecule has 0 saturated heterocycles. The fraction of sp³-hybridized carbons (Fsp3) is 0.306. The molecule has 0 unspecified atom stereocenters. The summed E-state index contributed by atoms with van der Waals surface area (Å²) in [5.41, 5.74) is 3.51. The normalized spacial score (nSPS) is 22.3. The third kappa shape index (κ3) is 8.37. The van der Waals surface area contributed by atoms with Gasteiger partial charge in [-0.25, -0.2) is 4.79 Å². The third-order valence-electron chi connectivity index (χ3n) is 7.61. The average molecular weight is 567 g/mol. The van der Waals surface area contributed by atoms with E-state index in [2.05, 4.69) is 0 Å². The maximum absolute atomic E-state index is 13.2. The summed E-state index contributed by atoms with van der Waals surface area (Å²) in [6.07, 6.45) is -1.75. The first-order chi connectivity index (χ1) is 20.7. The van der Waals surface area contributed by atoms with Crippen molar-refractivity contribution in [3.05, 3.63) is 144 Å². The lowest BCUT2D eigenvalue weighted by Gasteiger charge is -2.36. The fourth-order valence-corrected chi connectivity index (χ4v) is 5.34. The monoisotopic (exact) mass is 566 g/mol. The van der Waals surface area contributed by atoms with Gasteiger partial charge in [0.05, 0.1) is 44.2 Å². The van der Waals surface area contributed by atoms with Gasteiger partial charge in [0.15, 0.2) is 0 Å². The zero-order chi connectivity index (χ0) is 29.0. The maximum atomic E-state index is 13.2. The van der Waals surface area contributed by atoms with E-state index in [-0.39, 0.29) is 6.61 Å². The molecule has 6 nitrogen and oxygen atoms in total. The quantitative estimate of drug-likeness (QED) is 0.159. The summed E-state index contributed by atoms with van der Waals surface area (Å²) < 4.78 is 25.4. The zero-order valence-electron chi connectivity index (χ0n) is 23.7. The number of carbonyl (C=O) groups is 1. The van der Waals surface area contributed by atoms with Crippen LogP contribution in [0.25, 0.3) is 0 Å². The van der Waals surface area contributed by atoms with Crippen LogP contribution >= 0.6 is 0 Å². The molecule has 42 heavy (non-hydrogen) atoms. The maximum Gasteiger partial charge on any atom is 0.338 e. The summed E-state index contributed by atoms with van der Waals surface area (Å²) in [5.74, 6) is -0.831. The number of hydrogen-bond donors (Lipinski definition) is 1. The second-order valence-electron chi connectivity index (χ2n) is 10.6. The Morgan fingerprint density at radius 3 is 1.64 bits per heavy atom. The van der Waals surface area contributed by atoms with Gasteiger partial charge < -0.3 is 24.1 Å². The number of carbonyl (C=O) groups excluding carboxylic acids is 1. The van der Waals surface area contributed by atoms with Crippen molar-refractivity contribution in [1.29, 1.82) is 0 Å². The average Bonchev–Trinajstić information content (AvgIpc) is 3.16. The highest BCUT2D eigenvalue weighted by Crippen LogP contribution is 2.33. The van der Waals surface area contributed by atoms with Crippen molar-refractivity contribution in [2.45, 2.75) is 57.1 Å². The van der Waals surface area contributed by atoms with Crippen LogP contribution in [0.3, 0.4) is 0 Å². The summed E-state index contributed by atoms with van der Waals surface area (Å²) in [7, 11) is 0. The van der Waals surface area contributed by atoms with Gasteiger partial charge in [-0.05, 0) is 41.7 Å². The lowest BCUT2D eigenvalue weighted by Crippen LogP contribution is -2.48. The van der Waals surface area contributed by atoms with Gasteiger partial charge in [0.2, 0.25) is 0 Å². The molecule has 1 aliphatic rings. The molecule has 6 heteroatoms. The second-order valence-corrected chi connectivity index (χ2v) is 10.6. The molecule has 1 saturated carbocycles. The van der Waals surface area contributed by atoms with Crippen LogP contribution in [0, 0.1) is 5.92 Å². The lowest BCUT2D eigenvalue weighted by atomic mass is 9.93. The molecule has 218 valence electrons. The van der Waals surface area contributed by atoms with Crippen LogP contribution in [-0.2, 0) is 38.8 Å². The van der Waals surface area contributed by atoms with Crippen LogP contribution in [0.1, 0.15) is 39.9 Å². The van der Waals surface area contributed by atoms with E-state index >= 15 is 0 Å². The number of ether oxygens (including phenoxy) is 4. The highest BCUT2D eigenvalue weighted by atomic mass is 16.6. The predicted octanol–water partition coefficient (Wildman–Crippen LogP) is 6.37. The van der Waals surface area contributed by atoms with E-state index in [1.807, 2.05) is 109 Å². The number of hydrogen-bond acceptors (Lipinski definition) is 6. The zero-order valence-corrected chi connectivity index (χ0v) is 23.7. The minimum absolute atomic E-state index is 0.264. The highest BCUT2D eigenvalue weighted by molar-refractivity contribution is 5.89. The van der Waals surface area contributed by atoms with Crippen LogP contribution in [0.2, 0.25) is 0 Å². The van der Waals surface area contributed by atoms with Crippen molar-refractivity contribution in [3.8, 4) is 0 Å². The molecular weight excluding hydrogens is 528 g/mol. The van der Waals surface area contributed by atoms with Crippen molar-refractivity contribution in [1.82, 2.24) is 0 Å². The summed E-state index contributed by atoms with van der Waals surface area (Å²) in [5, 5.41) is 11.4. The summed E-state index contributed by atoms with van der Waals surface area (Å²) >= 11 is 0. The summed E-state index contributed by atoms with van der Waals surface area (Å²) in [4.78, 5) is 13.2. The van der Waals surface area contributed by atoms with Gasteiger partial charge in [-0.15, -0.1) is 0 Å². The smallest absolute Gasteiger partial charge is 0.338 e. The summed E-state index contributed by atoms with van der Waals surface area (Å²) in [6.45, 7) is 1.30. The minimum atomic E-state index is -0.732. The molecule has 0 aliphatic heterocycles. The standard InChI is InChI=1S/C36H38O6/c37-32-21-22-33(42-36(38)30-19-11-4-12-20-30)35(41-25-29-17-9-3-10-18-29)34(40-24-28-15-7-2-8-16-28)31(32)26-39-23-27-13-5-1-6-14-27/h1-20,31-35,37H,21-26H2/t31-,32-,33+,34+,35+/m0/s1. The first-order valence-electron chi connectivity index (χ1n) is 14.5. The van der Waals surface area contributed by atoms with E-state index in [0.717, 1.165) is 16.7 Å². The molecule has 0 heterocycles. The van der Waals surface area contributed by atoms with Crippen molar-refractivity contribution in [2.75, 3.05) is 6.61 Å². The van der Waals surface area contributed by atoms with E-state index in [0.29, 0.717) is 38.2 Å². The van der Waals surface area contributed by atoms with Crippen molar-refractivity contribution >= 4 is 5.97 Å². The Bertz CT molecular complexity index is 1330. The molecular formula is C36H38O6. The Hall–Kier alpha value is -3.81. The molecule has 1 fully saturated rings. The number of rotatable bonds is 12. The molecule has 0 spiro atoms. The van der Waals surface area contributed by atoms with Gasteiger partial charge in [-0.2, -0.15) is 0 Å². The van der Waals surface area contributed by atoms with Crippen LogP contribution in [0.4, 0.5) is 0 Å². The van der Waals surface area contributed by atoms with Crippen LogP contribution in [-0.4, -0.2) is 42.1 Å². The van der Waals surface area contributed by atoms with Crippen molar-refractivity contribution in [3.63, 3.8) is 0 Å². The van der Waals surface area contributed by atoms with E-state index < -0.39 is 36.3 Å². The number of benzene rings is 4. The molecule has 0 aromatic heterocycles. The van der Waals surface area contributed by atoms with Crippen molar-refractivity contribution < 1.29 is 28.8 Å². The van der Waals surface area contributed by atoms with Gasteiger partial charge >= 0.3 is 5.97 Å². The molecule has 0 radical (unpaired) electrons. The molecule has 5 rings (SSSR count). The Balaban J connectivity index is 1.42. The predicted molar refractivity (Wildman–Crippen MR) is 161 cm³/mol. The number of aliphatic hydroxyl groups excluding tert-OH is 1.